The van der Waals surface area contributed by atoms with Crippen LogP contribution in [-0.2, 0) is 0 Å². The van der Waals surface area contributed by atoms with E-state index in [1.165, 1.54) is 0 Å². The summed E-state index contributed by atoms with van der Waals surface area (Å²) in [5.41, 5.74) is 3.06. The number of carbonyl (C=O) groups is 1. The maximum absolute atomic E-state index is 13.0. The molecule has 0 bridgehead atoms. The average Bonchev–Trinajstić information content (AvgIpc) is 3.33. The van der Waals surface area contributed by atoms with Crippen LogP contribution >= 0.6 is 0 Å². The highest BCUT2D eigenvalue weighted by Gasteiger charge is 2.44. The summed E-state index contributed by atoms with van der Waals surface area (Å²) >= 11 is 0. The number of rotatable bonds is 3. The first kappa shape index (κ1) is 19.1. The molecule has 5 rings (SSSR count). The summed E-state index contributed by atoms with van der Waals surface area (Å²) in [6, 6.07) is 11.2. The third kappa shape index (κ3) is 3.43. The summed E-state index contributed by atoms with van der Waals surface area (Å²) in [4.78, 5) is 23.5. The Balaban J connectivity index is 1.28. The Hall–Kier alpha value is -2.93. The number of carbonyl (C=O) groups excluding carboxylic acids is 1. The first-order valence-electron chi connectivity index (χ1n) is 10.4. The van der Waals surface area contributed by atoms with E-state index in [1.807, 2.05) is 50.2 Å². The quantitative estimate of drug-likeness (QED) is 0.718. The maximum Gasteiger partial charge on any atom is 0.309 e. The van der Waals surface area contributed by atoms with E-state index < -0.39 is 6.10 Å². The lowest BCUT2D eigenvalue weighted by atomic mass is 9.78. The number of oxazole rings is 1. The van der Waals surface area contributed by atoms with Crippen LogP contribution in [0, 0.1) is 25.7 Å². The minimum atomic E-state index is -0.564. The Morgan fingerprint density at radius 3 is 2.63 bits per heavy atom. The van der Waals surface area contributed by atoms with Gasteiger partial charge in [0.25, 0.3) is 5.89 Å². The molecule has 3 aromatic rings. The molecule has 7 heteroatoms. The molecule has 1 saturated carbocycles. The zero-order valence-electron chi connectivity index (χ0n) is 17.1. The lowest BCUT2D eigenvalue weighted by molar-refractivity contribution is -0.0236. The highest BCUT2D eigenvalue weighted by molar-refractivity contribution is 5.92. The lowest BCUT2D eigenvalue weighted by Crippen LogP contribution is -2.42. The number of hydrogen-bond donors (Lipinski definition) is 1. The van der Waals surface area contributed by atoms with Crippen molar-refractivity contribution in [3.8, 4) is 5.75 Å². The van der Waals surface area contributed by atoms with Gasteiger partial charge in [-0.3, -0.25) is 9.78 Å². The van der Waals surface area contributed by atoms with Crippen molar-refractivity contribution in [1.82, 2.24) is 14.9 Å². The second-order valence-electron chi connectivity index (χ2n) is 8.45. The van der Waals surface area contributed by atoms with Crippen molar-refractivity contribution in [3.05, 3.63) is 53.7 Å². The number of likely N-dealkylation sites (tertiary alicyclic amines) is 1. The minimum Gasteiger partial charge on any atom is -0.486 e. The molecule has 1 aliphatic carbocycles. The molecule has 1 N–H and O–H groups in total. The van der Waals surface area contributed by atoms with Gasteiger partial charge in [-0.1, -0.05) is 12.1 Å². The molecule has 1 saturated heterocycles. The van der Waals surface area contributed by atoms with Gasteiger partial charge in [-0.05, 0) is 62.8 Å². The van der Waals surface area contributed by atoms with Crippen molar-refractivity contribution >= 4 is 17.0 Å². The van der Waals surface area contributed by atoms with Crippen LogP contribution in [0.2, 0.25) is 0 Å². The smallest absolute Gasteiger partial charge is 0.309 e. The molecule has 0 unspecified atom stereocenters. The zero-order chi connectivity index (χ0) is 20.8. The van der Waals surface area contributed by atoms with E-state index in [0.29, 0.717) is 42.8 Å². The number of aliphatic hydroxyl groups is 1. The van der Waals surface area contributed by atoms with E-state index in [4.69, 9.17) is 9.15 Å². The van der Waals surface area contributed by atoms with Crippen LogP contribution in [0.1, 0.15) is 34.9 Å². The van der Waals surface area contributed by atoms with Crippen molar-refractivity contribution in [2.75, 3.05) is 13.1 Å². The van der Waals surface area contributed by atoms with Crippen LogP contribution in [-0.4, -0.2) is 51.2 Å². The van der Waals surface area contributed by atoms with E-state index in [1.54, 1.807) is 4.90 Å². The molecule has 4 atom stereocenters. The SMILES string of the molecule is Cc1ccc(O[C@@H]2C[C@@H]3CN(C(=O)c4nc5ccccc5o4)C[C@@H]3C[C@H]2O)c(C)n1. The summed E-state index contributed by atoms with van der Waals surface area (Å²) < 4.78 is 11.8. The Morgan fingerprint density at radius 2 is 1.87 bits per heavy atom. The molecule has 1 amide bonds. The van der Waals surface area contributed by atoms with Gasteiger partial charge in [-0.2, -0.15) is 0 Å². The molecule has 0 spiro atoms. The number of pyridine rings is 1. The van der Waals surface area contributed by atoms with Gasteiger partial charge in [0.1, 0.15) is 17.4 Å². The highest BCUT2D eigenvalue weighted by Crippen LogP contribution is 2.38. The normalized spacial score (nSPS) is 26.0. The Morgan fingerprint density at radius 1 is 1.10 bits per heavy atom. The van der Waals surface area contributed by atoms with Crippen LogP contribution in [0.5, 0.6) is 5.75 Å². The highest BCUT2D eigenvalue weighted by atomic mass is 16.5. The van der Waals surface area contributed by atoms with Crippen molar-refractivity contribution in [2.24, 2.45) is 11.8 Å². The van der Waals surface area contributed by atoms with Crippen molar-refractivity contribution in [3.63, 3.8) is 0 Å². The molecule has 1 aliphatic heterocycles. The summed E-state index contributed by atoms with van der Waals surface area (Å²) in [6.07, 6.45) is 0.460. The number of fused-ring (bicyclic) bond motifs is 2. The van der Waals surface area contributed by atoms with Crippen LogP contribution in [0.15, 0.2) is 40.8 Å². The Bertz CT molecular complexity index is 1060. The standard InChI is InChI=1S/C23H25N3O4/c1-13-7-8-19(14(2)24-13)29-21-10-16-12-26(11-15(16)9-18(21)27)23(28)22-25-17-5-3-4-6-20(17)30-22/h3-8,15-16,18,21,27H,9-12H2,1-2H3/t15-,16+,18+,21+/m0/s1. The number of nitrogens with zero attached hydrogens (tertiary/aromatic N) is 3. The van der Waals surface area contributed by atoms with E-state index in [-0.39, 0.29) is 29.7 Å². The van der Waals surface area contributed by atoms with E-state index in [2.05, 4.69) is 9.97 Å². The van der Waals surface area contributed by atoms with Gasteiger partial charge in [-0.25, -0.2) is 4.98 Å². The fraction of sp³-hybridized carbons (Fsp3) is 0.435. The number of aryl methyl sites for hydroxylation is 2. The van der Waals surface area contributed by atoms with Crippen molar-refractivity contribution in [1.29, 1.82) is 0 Å². The first-order valence-corrected chi connectivity index (χ1v) is 10.4. The monoisotopic (exact) mass is 407 g/mol. The Labute approximate surface area is 174 Å². The van der Waals surface area contributed by atoms with Crippen molar-refractivity contribution in [2.45, 2.75) is 38.9 Å². The number of para-hydroxylation sites is 2. The van der Waals surface area contributed by atoms with Gasteiger partial charge in [0.15, 0.2) is 5.58 Å². The molecule has 2 aromatic heterocycles. The fourth-order valence-corrected chi connectivity index (χ4v) is 4.74. The van der Waals surface area contributed by atoms with Crippen molar-refractivity contribution < 1.29 is 19.1 Å². The summed E-state index contributed by atoms with van der Waals surface area (Å²) in [5.74, 6) is 1.19. The van der Waals surface area contributed by atoms with Gasteiger partial charge in [-0.15, -0.1) is 0 Å². The predicted molar refractivity (Wildman–Crippen MR) is 110 cm³/mol. The van der Waals surface area contributed by atoms with Gasteiger partial charge >= 0.3 is 5.91 Å². The molecular formula is C23H25N3O4. The number of ether oxygens (including phenoxy) is 1. The molecule has 3 heterocycles. The fourth-order valence-electron chi connectivity index (χ4n) is 4.74. The molecule has 1 aromatic carbocycles. The second kappa shape index (κ2) is 7.40. The molecular weight excluding hydrogens is 382 g/mol. The molecule has 2 aliphatic rings. The Kier molecular flexibility index (Phi) is 4.70. The third-order valence-electron chi connectivity index (χ3n) is 6.30. The molecule has 30 heavy (non-hydrogen) atoms. The number of hydrogen-bond acceptors (Lipinski definition) is 6. The van der Waals surface area contributed by atoms with Crippen LogP contribution in [0.4, 0.5) is 0 Å². The summed E-state index contributed by atoms with van der Waals surface area (Å²) in [6.45, 7) is 5.09. The average molecular weight is 407 g/mol. The molecule has 0 radical (unpaired) electrons. The van der Waals surface area contributed by atoms with E-state index in [9.17, 15) is 9.90 Å². The molecule has 156 valence electrons. The summed E-state index contributed by atoms with van der Waals surface area (Å²) in [7, 11) is 0. The van der Waals surface area contributed by atoms with Crippen LogP contribution in [0.3, 0.4) is 0 Å². The van der Waals surface area contributed by atoms with Gasteiger partial charge in [0.05, 0.1) is 11.8 Å². The second-order valence-corrected chi connectivity index (χ2v) is 8.45. The predicted octanol–water partition coefficient (Wildman–Crippen LogP) is 3.13. The number of aliphatic hydroxyl groups excluding tert-OH is 1. The largest absolute Gasteiger partial charge is 0.486 e. The zero-order valence-corrected chi connectivity index (χ0v) is 17.1. The molecule has 2 fully saturated rings. The van der Waals surface area contributed by atoms with Gasteiger partial charge in [0.2, 0.25) is 0 Å². The lowest BCUT2D eigenvalue weighted by Gasteiger charge is -2.35. The van der Waals surface area contributed by atoms with E-state index >= 15 is 0 Å². The maximum atomic E-state index is 13.0. The van der Waals surface area contributed by atoms with Gasteiger partial charge in [0, 0.05) is 18.8 Å². The third-order valence-corrected chi connectivity index (χ3v) is 6.30. The number of aromatic nitrogens is 2. The van der Waals surface area contributed by atoms with Crippen LogP contribution in [0.25, 0.3) is 11.1 Å². The van der Waals surface area contributed by atoms with Crippen LogP contribution < -0.4 is 4.74 Å². The van der Waals surface area contributed by atoms with Gasteiger partial charge < -0.3 is 19.2 Å². The number of amides is 1. The first-order chi connectivity index (χ1) is 14.5. The number of benzene rings is 1. The minimum absolute atomic E-state index is 0.129. The summed E-state index contributed by atoms with van der Waals surface area (Å²) in [5, 5.41) is 10.7. The van der Waals surface area contributed by atoms with E-state index in [0.717, 1.165) is 11.4 Å². The topological polar surface area (TPSA) is 88.7 Å². The molecule has 7 nitrogen and oxygen atoms in total.